The highest BCUT2D eigenvalue weighted by Gasteiger charge is 2.37. The smallest absolute Gasteiger partial charge is 0.311 e. The molecule has 1 aliphatic rings. The van der Waals surface area contributed by atoms with Crippen LogP contribution in [0.15, 0.2) is 36.4 Å². The van der Waals surface area contributed by atoms with E-state index < -0.39 is 24.4 Å². The molecular formula is C22H23ClN2O4. The molecule has 1 atom stereocenters. The Labute approximate surface area is 174 Å². The molecule has 0 unspecified atom stereocenters. The zero-order valence-corrected chi connectivity index (χ0v) is 17.4. The maximum atomic E-state index is 12.5. The number of amides is 2. The maximum Gasteiger partial charge on any atom is 0.311 e. The first-order valence-corrected chi connectivity index (χ1v) is 9.73. The van der Waals surface area contributed by atoms with Crippen LogP contribution in [0.5, 0.6) is 0 Å². The van der Waals surface area contributed by atoms with Crippen molar-refractivity contribution in [2.75, 3.05) is 23.4 Å². The summed E-state index contributed by atoms with van der Waals surface area (Å²) in [7, 11) is 0. The summed E-state index contributed by atoms with van der Waals surface area (Å²) < 4.78 is 5.16. The number of carbonyl (C=O) groups is 3. The van der Waals surface area contributed by atoms with Gasteiger partial charge in [0.2, 0.25) is 5.91 Å². The Bertz CT molecular complexity index is 953. The Kier molecular flexibility index (Phi) is 6.23. The van der Waals surface area contributed by atoms with E-state index in [9.17, 15) is 14.4 Å². The van der Waals surface area contributed by atoms with Crippen molar-refractivity contribution in [1.29, 1.82) is 0 Å². The van der Waals surface area contributed by atoms with Crippen molar-refractivity contribution in [1.82, 2.24) is 0 Å². The minimum atomic E-state index is -0.595. The van der Waals surface area contributed by atoms with Crippen molar-refractivity contribution in [2.45, 2.75) is 27.2 Å². The fourth-order valence-electron chi connectivity index (χ4n) is 3.48. The third-order valence-electron chi connectivity index (χ3n) is 4.99. The molecule has 152 valence electrons. The summed E-state index contributed by atoms with van der Waals surface area (Å²) >= 11 is 5.94. The van der Waals surface area contributed by atoms with Crippen molar-refractivity contribution < 1.29 is 19.1 Å². The highest BCUT2D eigenvalue weighted by atomic mass is 35.5. The summed E-state index contributed by atoms with van der Waals surface area (Å²) in [5.41, 5.74) is 4.20. The van der Waals surface area contributed by atoms with Gasteiger partial charge in [0.15, 0.2) is 6.61 Å². The summed E-state index contributed by atoms with van der Waals surface area (Å²) in [4.78, 5) is 38.6. The van der Waals surface area contributed by atoms with Crippen LogP contribution in [0.3, 0.4) is 0 Å². The molecule has 2 aromatic rings. The highest BCUT2D eigenvalue weighted by Crippen LogP contribution is 2.31. The molecule has 29 heavy (non-hydrogen) atoms. The number of para-hydroxylation sites is 1. The minimum Gasteiger partial charge on any atom is -0.455 e. The number of rotatable bonds is 5. The van der Waals surface area contributed by atoms with Crippen LogP contribution in [0, 0.1) is 26.7 Å². The Morgan fingerprint density at radius 3 is 2.52 bits per heavy atom. The molecule has 2 amide bonds. The number of benzene rings is 2. The second kappa shape index (κ2) is 8.66. The Balaban J connectivity index is 1.58. The van der Waals surface area contributed by atoms with Gasteiger partial charge in [-0.3, -0.25) is 14.4 Å². The number of nitrogens with zero attached hydrogens (tertiary/aromatic N) is 1. The number of hydrogen-bond acceptors (Lipinski definition) is 4. The Morgan fingerprint density at radius 2 is 1.83 bits per heavy atom. The van der Waals surface area contributed by atoms with E-state index in [0.717, 1.165) is 22.4 Å². The SMILES string of the molecule is Cc1ccc(Cl)cc1NC(=O)COC(=O)[C@H]1CC(=O)N(c2c(C)cccc2C)C1. The number of aryl methyl sites for hydroxylation is 3. The standard InChI is InChI=1S/C22H23ClN2O4/c1-13-7-8-17(23)10-18(13)24-19(26)12-29-22(28)16-9-20(27)25(11-16)21-14(2)5-4-6-15(21)3/h4-8,10,16H,9,11-12H2,1-3H3,(H,24,26)/t16-/m0/s1. The van der Waals surface area contributed by atoms with Gasteiger partial charge < -0.3 is 15.0 Å². The molecule has 2 aromatic carbocycles. The van der Waals surface area contributed by atoms with Crippen molar-refractivity contribution in [2.24, 2.45) is 5.92 Å². The van der Waals surface area contributed by atoms with E-state index in [-0.39, 0.29) is 18.9 Å². The number of ether oxygens (including phenoxy) is 1. The summed E-state index contributed by atoms with van der Waals surface area (Å²) in [6, 6.07) is 10.9. The molecule has 0 spiro atoms. The van der Waals surface area contributed by atoms with Crippen LogP contribution < -0.4 is 10.2 Å². The van der Waals surface area contributed by atoms with Gasteiger partial charge in [0, 0.05) is 29.4 Å². The largest absolute Gasteiger partial charge is 0.455 e. The van der Waals surface area contributed by atoms with E-state index in [1.807, 2.05) is 39.0 Å². The summed E-state index contributed by atoms with van der Waals surface area (Å²) in [6.45, 7) is 5.54. The lowest BCUT2D eigenvalue weighted by molar-refractivity contribution is -0.151. The molecular weight excluding hydrogens is 392 g/mol. The van der Waals surface area contributed by atoms with Crippen LogP contribution in [0.4, 0.5) is 11.4 Å². The van der Waals surface area contributed by atoms with Crippen LogP contribution in [-0.4, -0.2) is 30.9 Å². The fourth-order valence-corrected chi connectivity index (χ4v) is 3.65. The van der Waals surface area contributed by atoms with Gasteiger partial charge in [0.05, 0.1) is 5.92 Å². The van der Waals surface area contributed by atoms with Crippen molar-refractivity contribution in [3.05, 3.63) is 58.1 Å². The number of esters is 1. The summed E-state index contributed by atoms with van der Waals surface area (Å²) in [6.07, 6.45) is 0.0711. The second-order valence-electron chi connectivity index (χ2n) is 7.26. The first-order valence-electron chi connectivity index (χ1n) is 9.35. The van der Waals surface area contributed by atoms with Gasteiger partial charge in [-0.2, -0.15) is 0 Å². The van der Waals surface area contributed by atoms with E-state index in [1.165, 1.54) is 0 Å². The van der Waals surface area contributed by atoms with Crippen LogP contribution >= 0.6 is 11.6 Å². The highest BCUT2D eigenvalue weighted by molar-refractivity contribution is 6.31. The lowest BCUT2D eigenvalue weighted by Crippen LogP contribution is -2.29. The van der Waals surface area contributed by atoms with E-state index in [2.05, 4.69) is 5.32 Å². The average Bonchev–Trinajstić information content (AvgIpc) is 3.04. The quantitative estimate of drug-likeness (QED) is 0.755. The third-order valence-corrected chi connectivity index (χ3v) is 5.22. The third kappa shape index (κ3) is 4.77. The normalized spacial score (nSPS) is 16.1. The molecule has 0 aromatic heterocycles. The molecule has 1 heterocycles. The van der Waals surface area contributed by atoms with E-state index in [1.54, 1.807) is 23.1 Å². The number of hydrogen-bond donors (Lipinski definition) is 1. The predicted octanol–water partition coefficient (Wildman–Crippen LogP) is 3.80. The molecule has 3 rings (SSSR count). The van der Waals surface area contributed by atoms with Crippen molar-refractivity contribution in [3.8, 4) is 0 Å². The molecule has 1 saturated heterocycles. The molecule has 1 N–H and O–H groups in total. The predicted molar refractivity (Wildman–Crippen MR) is 112 cm³/mol. The number of carbonyl (C=O) groups excluding carboxylic acids is 3. The topological polar surface area (TPSA) is 75.7 Å². The lowest BCUT2D eigenvalue weighted by atomic mass is 10.1. The van der Waals surface area contributed by atoms with Gasteiger partial charge in [-0.05, 0) is 49.6 Å². The van der Waals surface area contributed by atoms with Gasteiger partial charge in [-0.25, -0.2) is 0 Å². The van der Waals surface area contributed by atoms with Crippen LogP contribution in [0.25, 0.3) is 0 Å². The Morgan fingerprint density at radius 1 is 1.14 bits per heavy atom. The van der Waals surface area contributed by atoms with Crippen molar-refractivity contribution >= 4 is 40.8 Å². The van der Waals surface area contributed by atoms with Gasteiger partial charge in [0.1, 0.15) is 0 Å². The molecule has 0 radical (unpaired) electrons. The summed E-state index contributed by atoms with van der Waals surface area (Å²) in [5.74, 6) is -1.73. The van der Waals surface area contributed by atoms with Crippen LogP contribution in [-0.2, 0) is 19.1 Å². The van der Waals surface area contributed by atoms with Gasteiger partial charge in [-0.15, -0.1) is 0 Å². The van der Waals surface area contributed by atoms with Gasteiger partial charge in [0.25, 0.3) is 5.91 Å². The van der Waals surface area contributed by atoms with Crippen LogP contribution in [0.2, 0.25) is 5.02 Å². The average molecular weight is 415 g/mol. The zero-order chi connectivity index (χ0) is 21.1. The molecule has 1 aliphatic heterocycles. The molecule has 0 bridgehead atoms. The number of halogens is 1. The fraction of sp³-hybridized carbons (Fsp3) is 0.318. The first kappa shape index (κ1) is 20.9. The molecule has 6 nitrogen and oxygen atoms in total. The number of nitrogens with one attached hydrogen (secondary N) is 1. The minimum absolute atomic E-state index is 0.0711. The maximum absolute atomic E-state index is 12.5. The molecule has 0 saturated carbocycles. The second-order valence-corrected chi connectivity index (χ2v) is 7.70. The first-order chi connectivity index (χ1) is 13.8. The molecule has 0 aliphatic carbocycles. The number of anilines is 2. The van der Waals surface area contributed by atoms with E-state index in [0.29, 0.717) is 10.7 Å². The lowest BCUT2D eigenvalue weighted by Gasteiger charge is -2.21. The summed E-state index contributed by atoms with van der Waals surface area (Å²) in [5, 5.41) is 3.18. The van der Waals surface area contributed by atoms with Crippen molar-refractivity contribution in [3.63, 3.8) is 0 Å². The molecule has 7 heteroatoms. The van der Waals surface area contributed by atoms with Crippen LogP contribution in [0.1, 0.15) is 23.1 Å². The Hall–Kier alpha value is -2.86. The van der Waals surface area contributed by atoms with Gasteiger partial charge >= 0.3 is 5.97 Å². The molecule has 1 fully saturated rings. The van der Waals surface area contributed by atoms with Gasteiger partial charge in [-0.1, -0.05) is 35.9 Å². The zero-order valence-electron chi connectivity index (χ0n) is 16.6. The van der Waals surface area contributed by atoms with E-state index >= 15 is 0 Å². The van der Waals surface area contributed by atoms with E-state index in [4.69, 9.17) is 16.3 Å². The monoisotopic (exact) mass is 414 g/mol.